The first-order valence-electron chi connectivity index (χ1n) is 12.8. The van der Waals surface area contributed by atoms with Gasteiger partial charge in [-0.25, -0.2) is 14.6 Å². The predicted molar refractivity (Wildman–Crippen MR) is 149 cm³/mol. The summed E-state index contributed by atoms with van der Waals surface area (Å²) in [7, 11) is 0. The molecule has 0 aliphatic carbocycles. The molecule has 1 aromatic carbocycles. The molecular weight excluding hydrogens is 514 g/mol. The standard InChI is InChI=1S/C28H35N7O5/c1-8-34(9-2)22-10-11-23(24(12-22)32-20(7)36)33-25(15-31)26(21(13-29)14-30)35(27(37)39-16-18(3)4)28(38)40-17-19(5)6/h10-12,18-19H,8-9,16-17H2,1-7H3,(H,32,36). The van der Waals surface area contributed by atoms with E-state index in [1.165, 1.54) is 13.0 Å². The highest BCUT2D eigenvalue weighted by Crippen LogP contribution is 2.32. The number of ether oxygens (including phenoxy) is 2. The fourth-order valence-corrected chi connectivity index (χ4v) is 3.28. The van der Waals surface area contributed by atoms with E-state index in [0.29, 0.717) is 18.0 Å². The Balaban J connectivity index is 3.92. The molecule has 212 valence electrons. The summed E-state index contributed by atoms with van der Waals surface area (Å²) in [5, 5.41) is 32.1. The highest BCUT2D eigenvalue weighted by atomic mass is 16.6. The number of benzene rings is 1. The Bertz CT molecular complexity index is 1240. The van der Waals surface area contributed by atoms with Gasteiger partial charge in [-0.05, 0) is 43.9 Å². The van der Waals surface area contributed by atoms with Crippen molar-refractivity contribution in [2.45, 2.75) is 48.5 Å². The van der Waals surface area contributed by atoms with Gasteiger partial charge in [0.15, 0.2) is 11.3 Å². The molecule has 0 bridgehead atoms. The Morgan fingerprint density at radius 2 is 1.45 bits per heavy atom. The lowest BCUT2D eigenvalue weighted by Crippen LogP contribution is -2.41. The van der Waals surface area contributed by atoms with E-state index in [-0.39, 0.29) is 36.4 Å². The Morgan fingerprint density at radius 3 is 1.85 bits per heavy atom. The average Bonchev–Trinajstić information content (AvgIpc) is 2.90. The number of hydrogen-bond acceptors (Lipinski definition) is 10. The van der Waals surface area contributed by atoms with Crippen molar-refractivity contribution in [1.29, 1.82) is 15.8 Å². The number of carbonyl (C=O) groups is 3. The summed E-state index contributed by atoms with van der Waals surface area (Å²) < 4.78 is 10.4. The van der Waals surface area contributed by atoms with Gasteiger partial charge in [0.1, 0.15) is 23.9 Å². The molecule has 0 heterocycles. The summed E-state index contributed by atoms with van der Waals surface area (Å²) in [6.07, 6.45) is -2.50. The fourth-order valence-electron chi connectivity index (χ4n) is 3.28. The second kappa shape index (κ2) is 16.2. The van der Waals surface area contributed by atoms with Crippen LogP contribution in [0.15, 0.2) is 34.5 Å². The largest absolute Gasteiger partial charge is 0.448 e. The highest BCUT2D eigenvalue weighted by Gasteiger charge is 2.35. The molecule has 3 amide bonds. The zero-order valence-electron chi connectivity index (χ0n) is 23.9. The second-order valence-electron chi connectivity index (χ2n) is 9.35. The fraction of sp³-hybridized carbons (Fsp3) is 0.464. The summed E-state index contributed by atoms with van der Waals surface area (Å²) in [6.45, 7) is 13.5. The predicted octanol–water partition coefficient (Wildman–Crippen LogP) is 5.28. The lowest BCUT2D eigenvalue weighted by atomic mass is 10.1. The molecule has 1 aromatic rings. The van der Waals surface area contributed by atoms with Crippen LogP contribution in [0.25, 0.3) is 0 Å². The summed E-state index contributed by atoms with van der Waals surface area (Å²) in [5.41, 5.74) is -0.978. The molecule has 0 fully saturated rings. The molecule has 12 nitrogen and oxygen atoms in total. The average molecular weight is 550 g/mol. The van der Waals surface area contributed by atoms with E-state index in [2.05, 4.69) is 10.3 Å². The maximum Gasteiger partial charge on any atom is 0.424 e. The topological polar surface area (TPSA) is 172 Å². The molecule has 0 saturated heterocycles. The second-order valence-corrected chi connectivity index (χ2v) is 9.35. The molecule has 1 N–H and O–H groups in total. The third-order valence-electron chi connectivity index (χ3n) is 5.11. The van der Waals surface area contributed by atoms with E-state index in [4.69, 9.17) is 9.47 Å². The number of carbonyl (C=O) groups excluding carboxylic acids is 3. The molecule has 40 heavy (non-hydrogen) atoms. The lowest BCUT2D eigenvalue weighted by molar-refractivity contribution is -0.114. The van der Waals surface area contributed by atoms with Crippen LogP contribution in [0.5, 0.6) is 0 Å². The Kier molecular flexibility index (Phi) is 13.4. The van der Waals surface area contributed by atoms with Crippen molar-refractivity contribution in [2.24, 2.45) is 16.8 Å². The number of nitriles is 3. The van der Waals surface area contributed by atoms with E-state index < -0.39 is 35.1 Å². The van der Waals surface area contributed by atoms with E-state index in [1.54, 1.807) is 58.0 Å². The SMILES string of the molecule is CCN(CC)c1ccc(N=C(C#N)C(=C(C#N)C#N)N(C(=O)OCC(C)C)C(=O)OCC(C)C)c(NC(C)=O)c1. The van der Waals surface area contributed by atoms with Gasteiger partial charge in [-0.15, -0.1) is 0 Å². The molecule has 0 aromatic heterocycles. The van der Waals surface area contributed by atoms with Gasteiger partial charge in [0.2, 0.25) is 5.91 Å². The molecule has 0 unspecified atom stereocenters. The van der Waals surface area contributed by atoms with Crippen molar-refractivity contribution >= 4 is 40.9 Å². The van der Waals surface area contributed by atoms with Crippen LogP contribution in [0.3, 0.4) is 0 Å². The zero-order valence-corrected chi connectivity index (χ0v) is 23.9. The number of rotatable bonds is 11. The maximum absolute atomic E-state index is 13.1. The van der Waals surface area contributed by atoms with Crippen molar-refractivity contribution in [3.05, 3.63) is 29.5 Å². The first kappa shape index (κ1) is 33.1. The molecule has 0 spiro atoms. The Hall–Kier alpha value is -4.89. The van der Waals surface area contributed by atoms with Crippen molar-refractivity contribution < 1.29 is 23.9 Å². The third kappa shape index (κ3) is 9.45. The normalized spacial score (nSPS) is 10.6. The Labute approximate surface area is 235 Å². The van der Waals surface area contributed by atoms with Gasteiger partial charge in [0.05, 0.1) is 24.6 Å². The third-order valence-corrected chi connectivity index (χ3v) is 5.11. The van der Waals surface area contributed by atoms with Crippen molar-refractivity contribution in [3.8, 4) is 18.2 Å². The van der Waals surface area contributed by atoms with E-state index in [0.717, 1.165) is 5.69 Å². The van der Waals surface area contributed by atoms with E-state index in [1.807, 2.05) is 18.7 Å². The lowest BCUT2D eigenvalue weighted by Gasteiger charge is -2.23. The zero-order chi connectivity index (χ0) is 30.4. The number of aliphatic imine (C=N–C) groups is 1. The number of amides is 3. The van der Waals surface area contributed by atoms with Gasteiger partial charge in [-0.2, -0.15) is 20.7 Å². The van der Waals surface area contributed by atoms with Crippen molar-refractivity contribution in [3.63, 3.8) is 0 Å². The smallest absolute Gasteiger partial charge is 0.424 e. The van der Waals surface area contributed by atoms with Gasteiger partial charge in [-0.1, -0.05) is 27.7 Å². The van der Waals surface area contributed by atoms with Crippen LogP contribution in [0, 0.1) is 45.8 Å². The van der Waals surface area contributed by atoms with Crippen molar-refractivity contribution in [2.75, 3.05) is 36.5 Å². The van der Waals surface area contributed by atoms with Gasteiger partial charge in [-0.3, -0.25) is 4.79 Å². The van der Waals surface area contributed by atoms with Crippen LogP contribution in [-0.4, -0.2) is 55.0 Å². The van der Waals surface area contributed by atoms with Crippen LogP contribution >= 0.6 is 0 Å². The van der Waals surface area contributed by atoms with Gasteiger partial charge >= 0.3 is 12.2 Å². The minimum atomic E-state index is -1.25. The summed E-state index contributed by atoms with van der Waals surface area (Å²) in [5.74, 6) is -0.622. The molecule has 1 rings (SSSR count). The van der Waals surface area contributed by atoms with Gasteiger partial charge < -0.3 is 19.7 Å². The maximum atomic E-state index is 13.1. The van der Waals surface area contributed by atoms with Crippen LogP contribution in [0.1, 0.15) is 48.5 Å². The van der Waals surface area contributed by atoms with Gasteiger partial charge in [0.25, 0.3) is 0 Å². The summed E-state index contributed by atoms with van der Waals surface area (Å²) in [4.78, 5) is 44.8. The van der Waals surface area contributed by atoms with Crippen LogP contribution in [0.4, 0.5) is 26.7 Å². The quantitative estimate of drug-likeness (QED) is 0.285. The van der Waals surface area contributed by atoms with Crippen LogP contribution in [0.2, 0.25) is 0 Å². The first-order chi connectivity index (χ1) is 18.9. The molecular formula is C28H35N7O5. The minimum absolute atomic E-state index is 0.0847. The van der Waals surface area contributed by atoms with E-state index in [9.17, 15) is 30.2 Å². The number of nitrogens with zero attached hydrogens (tertiary/aromatic N) is 6. The van der Waals surface area contributed by atoms with Crippen LogP contribution in [-0.2, 0) is 14.3 Å². The van der Waals surface area contributed by atoms with Gasteiger partial charge in [0, 0.05) is 25.7 Å². The molecule has 0 aliphatic heterocycles. The monoisotopic (exact) mass is 549 g/mol. The molecule has 0 atom stereocenters. The molecule has 0 saturated carbocycles. The minimum Gasteiger partial charge on any atom is -0.448 e. The van der Waals surface area contributed by atoms with E-state index >= 15 is 0 Å². The summed E-state index contributed by atoms with van der Waals surface area (Å²) >= 11 is 0. The highest BCUT2D eigenvalue weighted by molar-refractivity contribution is 6.17. The number of hydrogen-bond donors (Lipinski definition) is 1. The number of allylic oxidation sites excluding steroid dienone is 2. The molecule has 0 radical (unpaired) electrons. The number of anilines is 2. The molecule has 12 heteroatoms. The Morgan fingerprint density at radius 1 is 0.925 bits per heavy atom. The number of nitrogens with one attached hydrogen (secondary N) is 1. The van der Waals surface area contributed by atoms with Crippen molar-refractivity contribution in [1.82, 2.24) is 4.90 Å². The first-order valence-corrected chi connectivity index (χ1v) is 12.8. The summed E-state index contributed by atoms with van der Waals surface area (Å²) in [6, 6.07) is 9.90. The van der Waals surface area contributed by atoms with Crippen LogP contribution < -0.4 is 10.2 Å². The number of imide groups is 1. The molecule has 0 aliphatic rings.